The van der Waals surface area contributed by atoms with E-state index in [2.05, 4.69) is 0 Å². The topological polar surface area (TPSA) is 134 Å². The lowest BCUT2D eigenvalue weighted by molar-refractivity contribution is 0.0222. The van der Waals surface area contributed by atoms with Crippen molar-refractivity contribution in [1.82, 2.24) is 0 Å². The van der Waals surface area contributed by atoms with Crippen LogP contribution in [0, 0.1) is 0 Å². The standard InChI is InChI=1S/2C10H12O2.C6H14O4/c2*1-7(2)8-5-3-4-6-9(8)10(11)12;7-1-3-9-5-6-10-4-2-8/h2*3-7H,1-2H3,(H,11,12);7-8H,1-6H2. The fraction of sp³-hybridized carbons (Fsp3) is 0.462. The van der Waals surface area contributed by atoms with E-state index >= 15 is 0 Å². The molecule has 0 unspecified atom stereocenters. The Morgan fingerprint density at radius 3 is 1.21 bits per heavy atom. The van der Waals surface area contributed by atoms with Crippen LogP contribution in [0.2, 0.25) is 0 Å². The van der Waals surface area contributed by atoms with Crippen molar-refractivity contribution in [2.45, 2.75) is 39.5 Å². The van der Waals surface area contributed by atoms with Gasteiger partial charge in [-0.15, -0.1) is 0 Å². The molecule has 4 N–H and O–H groups in total. The zero-order valence-electron chi connectivity index (χ0n) is 20.4. The Labute approximate surface area is 201 Å². The summed E-state index contributed by atoms with van der Waals surface area (Å²) in [6.07, 6.45) is 0. The number of hydrogen-bond acceptors (Lipinski definition) is 6. The first-order valence-electron chi connectivity index (χ1n) is 11.2. The summed E-state index contributed by atoms with van der Waals surface area (Å²) in [5.74, 6) is -1.17. The zero-order chi connectivity index (χ0) is 25.9. The third kappa shape index (κ3) is 13.1. The molecule has 0 fully saturated rings. The van der Waals surface area contributed by atoms with Crippen LogP contribution < -0.4 is 0 Å². The molecule has 0 aromatic heterocycles. The van der Waals surface area contributed by atoms with Crippen LogP contribution in [-0.2, 0) is 9.47 Å². The van der Waals surface area contributed by atoms with Crippen LogP contribution in [0.3, 0.4) is 0 Å². The van der Waals surface area contributed by atoms with Crippen LogP contribution >= 0.6 is 0 Å². The summed E-state index contributed by atoms with van der Waals surface area (Å²) in [5, 5.41) is 34.2. The molecule has 0 radical (unpaired) electrons. The molecule has 2 aromatic carbocycles. The summed E-state index contributed by atoms with van der Waals surface area (Å²) in [6, 6.07) is 14.2. The van der Waals surface area contributed by atoms with Crippen molar-refractivity contribution in [2.24, 2.45) is 0 Å². The van der Waals surface area contributed by atoms with Gasteiger partial charge in [0.2, 0.25) is 0 Å². The summed E-state index contributed by atoms with van der Waals surface area (Å²) < 4.78 is 9.75. The first-order valence-corrected chi connectivity index (χ1v) is 11.2. The maximum Gasteiger partial charge on any atom is 0.335 e. The highest BCUT2D eigenvalue weighted by molar-refractivity contribution is 5.90. The summed E-state index contributed by atoms with van der Waals surface area (Å²) in [4.78, 5) is 21.5. The van der Waals surface area contributed by atoms with Gasteiger partial charge in [0.1, 0.15) is 0 Å². The van der Waals surface area contributed by atoms with Crippen molar-refractivity contribution in [2.75, 3.05) is 39.6 Å². The van der Waals surface area contributed by atoms with Crippen molar-refractivity contribution < 1.29 is 39.5 Å². The second kappa shape index (κ2) is 18.6. The van der Waals surface area contributed by atoms with Crippen molar-refractivity contribution in [3.05, 3.63) is 70.8 Å². The molecule has 0 saturated carbocycles. The van der Waals surface area contributed by atoms with Gasteiger partial charge in [-0.05, 0) is 35.1 Å². The van der Waals surface area contributed by atoms with Crippen molar-refractivity contribution in [3.63, 3.8) is 0 Å². The van der Waals surface area contributed by atoms with E-state index in [1.807, 2.05) is 52.0 Å². The van der Waals surface area contributed by atoms with Gasteiger partial charge >= 0.3 is 11.9 Å². The van der Waals surface area contributed by atoms with Crippen LogP contribution in [0.15, 0.2) is 48.5 Å². The zero-order valence-corrected chi connectivity index (χ0v) is 20.4. The van der Waals surface area contributed by atoms with E-state index in [9.17, 15) is 9.59 Å². The summed E-state index contributed by atoms with van der Waals surface area (Å²) in [5.41, 5.74) is 2.61. The number of benzene rings is 2. The highest BCUT2D eigenvalue weighted by Gasteiger charge is 2.11. The van der Waals surface area contributed by atoms with E-state index in [-0.39, 0.29) is 25.0 Å². The van der Waals surface area contributed by atoms with E-state index in [0.717, 1.165) is 11.1 Å². The number of carboxylic acids is 2. The van der Waals surface area contributed by atoms with Crippen LogP contribution in [0.4, 0.5) is 0 Å². The molecule has 0 aliphatic carbocycles. The lowest BCUT2D eigenvalue weighted by atomic mass is 9.97. The monoisotopic (exact) mass is 478 g/mol. The molecule has 34 heavy (non-hydrogen) atoms. The van der Waals surface area contributed by atoms with Crippen LogP contribution in [-0.4, -0.2) is 72.0 Å². The van der Waals surface area contributed by atoms with E-state index < -0.39 is 11.9 Å². The lowest BCUT2D eigenvalue weighted by Crippen LogP contribution is -2.09. The average molecular weight is 479 g/mol. The van der Waals surface area contributed by atoms with Gasteiger partial charge in [-0.3, -0.25) is 0 Å². The summed E-state index contributed by atoms with van der Waals surface area (Å²) in [7, 11) is 0. The smallest absolute Gasteiger partial charge is 0.335 e. The Morgan fingerprint density at radius 1 is 0.647 bits per heavy atom. The minimum Gasteiger partial charge on any atom is -0.478 e. The lowest BCUT2D eigenvalue weighted by Gasteiger charge is -2.07. The van der Waals surface area contributed by atoms with Gasteiger partial charge in [-0.2, -0.15) is 0 Å². The fourth-order valence-electron chi connectivity index (χ4n) is 2.84. The van der Waals surface area contributed by atoms with Gasteiger partial charge in [-0.1, -0.05) is 64.1 Å². The number of rotatable bonds is 11. The van der Waals surface area contributed by atoms with Gasteiger partial charge in [0.05, 0.1) is 50.8 Å². The molecular weight excluding hydrogens is 440 g/mol. The van der Waals surface area contributed by atoms with E-state index in [0.29, 0.717) is 37.6 Å². The van der Waals surface area contributed by atoms with Crippen LogP contribution in [0.25, 0.3) is 0 Å². The molecule has 0 spiro atoms. The quantitative estimate of drug-likeness (QED) is 0.356. The Kier molecular flexibility index (Phi) is 17.1. The number of carboxylic acid groups (broad SMARTS) is 2. The Morgan fingerprint density at radius 2 is 0.971 bits per heavy atom. The van der Waals surface area contributed by atoms with Gasteiger partial charge in [0, 0.05) is 0 Å². The maximum absolute atomic E-state index is 10.7. The molecule has 0 saturated heterocycles. The van der Waals surface area contributed by atoms with E-state index in [1.165, 1.54) is 0 Å². The van der Waals surface area contributed by atoms with E-state index in [1.54, 1.807) is 24.3 Å². The second-order valence-electron chi connectivity index (χ2n) is 7.77. The number of hydrogen-bond donors (Lipinski definition) is 4. The van der Waals surface area contributed by atoms with Gasteiger partial charge in [0.25, 0.3) is 0 Å². The molecule has 0 atom stereocenters. The molecule has 190 valence electrons. The largest absolute Gasteiger partial charge is 0.478 e. The molecule has 0 heterocycles. The van der Waals surface area contributed by atoms with Crippen LogP contribution in [0.5, 0.6) is 0 Å². The van der Waals surface area contributed by atoms with Crippen molar-refractivity contribution >= 4 is 11.9 Å². The van der Waals surface area contributed by atoms with Crippen LogP contribution in [0.1, 0.15) is 71.4 Å². The molecule has 8 heteroatoms. The third-order valence-corrected chi connectivity index (χ3v) is 4.47. The number of carbonyl (C=O) groups is 2. The minimum atomic E-state index is -0.848. The molecule has 8 nitrogen and oxygen atoms in total. The highest BCUT2D eigenvalue weighted by atomic mass is 16.5. The average Bonchev–Trinajstić information content (AvgIpc) is 2.82. The summed E-state index contributed by atoms with van der Waals surface area (Å²) in [6.45, 7) is 9.68. The molecular formula is C26H38O8. The Bertz CT molecular complexity index is 764. The Hall–Kier alpha value is -2.78. The number of aromatic carboxylic acids is 2. The number of aliphatic hydroxyl groups is 2. The molecule has 0 aliphatic rings. The summed E-state index contributed by atoms with van der Waals surface area (Å²) >= 11 is 0. The number of ether oxygens (including phenoxy) is 2. The predicted molar refractivity (Wildman–Crippen MR) is 131 cm³/mol. The van der Waals surface area contributed by atoms with Gasteiger partial charge in [0.15, 0.2) is 0 Å². The van der Waals surface area contributed by atoms with Crippen molar-refractivity contribution in [1.29, 1.82) is 0 Å². The third-order valence-electron chi connectivity index (χ3n) is 4.47. The van der Waals surface area contributed by atoms with Gasteiger partial charge < -0.3 is 29.9 Å². The molecule has 0 aliphatic heterocycles. The first kappa shape index (κ1) is 31.2. The minimum absolute atomic E-state index is 0.0417. The van der Waals surface area contributed by atoms with E-state index in [4.69, 9.17) is 29.9 Å². The Balaban J connectivity index is 0.000000484. The SMILES string of the molecule is CC(C)c1ccccc1C(=O)O.CC(C)c1ccccc1C(=O)O.OCCOCCOCCO. The molecule has 2 aromatic rings. The highest BCUT2D eigenvalue weighted by Crippen LogP contribution is 2.19. The molecule has 0 bridgehead atoms. The second-order valence-corrected chi connectivity index (χ2v) is 7.77. The first-order chi connectivity index (χ1) is 16.2. The molecule has 2 rings (SSSR count). The fourth-order valence-corrected chi connectivity index (χ4v) is 2.84. The number of aliphatic hydroxyl groups excluding tert-OH is 2. The predicted octanol–water partition coefficient (Wildman–Crippen LogP) is 4.02. The van der Waals surface area contributed by atoms with Gasteiger partial charge in [-0.25, -0.2) is 9.59 Å². The normalized spacial score (nSPS) is 10.2. The molecule has 0 amide bonds. The maximum atomic E-state index is 10.7. The van der Waals surface area contributed by atoms with Crippen molar-refractivity contribution in [3.8, 4) is 0 Å².